The Labute approximate surface area is 244 Å². The predicted molar refractivity (Wildman–Crippen MR) is 155 cm³/mol. The molecular weight excluding hydrogens is 592 g/mol. The van der Waals surface area contributed by atoms with Crippen molar-refractivity contribution in [3.63, 3.8) is 0 Å². The monoisotopic (exact) mass is 621 g/mol. The van der Waals surface area contributed by atoms with Crippen LogP contribution >= 0.6 is 46.4 Å². The lowest BCUT2D eigenvalue weighted by Crippen LogP contribution is -2.49. The van der Waals surface area contributed by atoms with Crippen LogP contribution in [-0.4, -0.2) is 50.0 Å². The summed E-state index contributed by atoms with van der Waals surface area (Å²) in [4.78, 5) is 28.0. The van der Waals surface area contributed by atoms with Crippen LogP contribution in [0, 0.1) is 0 Å². The minimum atomic E-state index is -3.71. The molecule has 1 aliphatic carbocycles. The van der Waals surface area contributed by atoms with Crippen LogP contribution in [-0.2, 0) is 26.2 Å². The van der Waals surface area contributed by atoms with Gasteiger partial charge in [0, 0.05) is 40.6 Å². The number of carbonyl (C=O) groups is 2. The second-order valence-corrected chi connectivity index (χ2v) is 13.1. The average Bonchev–Trinajstić information content (AvgIpc) is 3.35. The van der Waals surface area contributed by atoms with Crippen LogP contribution in [0.1, 0.15) is 51.0 Å². The summed E-state index contributed by atoms with van der Waals surface area (Å²) in [6.45, 7) is 1.79. The van der Waals surface area contributed by atoms with E-state index in [1.54, 1.807) is 31.2 Å². The van der Waals surface area contributed by atoms with Crippen LogP contribution < -0.4 is 9.62 Å². The third-order valence-corrected chi connectivity index (χ3v) is 8.88. The van der Waals surface area contributed by atoms with Gasteiger partial charge < -0.3 is 10.2 Å². The summed E-state index contributed by atoms with van der Waals surface area (Å²) in [6, 6.07) is 8.88. The van der Waals surface area contributed by atoms with Gasteiger partial charge in [-0.1, -0.05) is 65.3 Å². The zero-order chi connectivity index (χ0) is 28.0. The molecule has 0 unspecified atom stereocenters. The molecule has 3 rings (SSSR count). The Bertz CT molecular complexity index is 1270. The number of nitrogens with zero attached hydrogens (tertiary/aromatic N) is 2. The number of rotatable bonds is 11. The number of halogens is 4. The molecule has 1 saturated carbocycles. The smallest absolute Gasteiger partial charge is 0.242 e. The second kappa shape index (κ2) is 13.6. The van der Waals surface area contributed by atoms with Crippen LogP contribution in [0.5, 0.6) is 0 Å². The van der Waals surface area contributed by atoms with E-state index in [9.17, 15) is 18.0 Å². The lowest BCUT2D eigenvalue weighted by molar-refractivity contribution is -0.140. The Morgan fingerprint density at radius 1 is 1.00 bits per heavy atom. The first-order chi connectivity index (χ1) is 17.9. The van der Waals surface area contributed by atoms with Gasteiger partial charge in [0.15, 0.2) is 0 Å². The maximum atomic E-state index is 13.5. The molecule has 12 heteroatoms. The van der Waals surface area contributed by atoms with Gasteiger partial charge in [-0.2, -0.15) is 0 Å². The number of benzene rings is 2. The standard InChI is InChI=1S/C26H31Cl4N3O4S/c1-17(26(35)31-21-6-3-4-7-21)32(16-18-9-10-19(27)14-23(18)30)25(34)8-5-13-33(38(2,36)37)24-15-20(28)11-12-22(24)29/h9-12,14-15,17,21H,3-8,13,16H2,1-2H3,(H,31,35)/t17-/m1/s1. The normalized spacial score (nSPS) is 14.8. The molecule has 1 atom stereocenters. The number of hydrogen-bond acceptors (Lipinski definition) is 4. The first-order valence-corrected chi connectivity index (χ1v) is 15.7. The fraction of sp³-hybridized carbons (Fsp3) is 0.462. The third kappa shape index (κ3) is 8.39. The maximum Gasteiger partial charge on any atom is 0.242 e. The lowest BCUT2D eigenvalue weighted by Gasteiger charge is -2.30. The molecule has 0 aromatic heterocycles. The molecule has 0 aliphatic heterocycles. The highest BCUT2D eigenvalue weighted by Gasteiger charge is 2.29. The molecule has 38 heavy (non-hydrogen) atoms. The van der Waals surface area contributed by atoms with Gasteiger partial charge in [0.25, 0.3) is 0 Å². The summed E-state index contributed by atoms with van der Waals surface area (Å²) < 4.78 is 26.2. The molecule has 0 saturated heterocycles. The fourth-order valence-corrected chi connectivity index (χ4v) is 6.34. The minimum absolute atomic E-state index is 0.00281. The molecular formula is C26H31Cl4N3O4S. The first kappa shape index (κ1) is 30.8. The van der Waals surface area contributed by atoms with Crippen LogP contribution in [0.15, 0.2) is 36.4 Å². The number of hydrogen-bond donors (Lipinski definition) is 1. The highest BCUT2D eigenvalue weighted by atomic mass is 35.5. The molecule has 1 aliphatic rings. The van der Waals surface area contributed by atoms with Crippen LogP contribution in [0.25, 0.3) is 0 Å². The van der Waals surface area contributed by atoms with Crippen molar-refractivity contribution in [1.82, 2.24) is 10.2 Å². The van der Waals surface area contributed by atoms with Gasteiger partial charge in [-0.3, -0.25) is 13.9 Å². The van der Waals surface area contributed by atoms with Crippen molar-refractivity contribution in [3.05, 3.63) is 62.1 Å². The number of nitrogens with one attached hydrogen (secondary N) is 1. The van der Waals surface area contributed by atoms with Gasteiger partial charge >= 0.3 is 0 Å². The maximum absolute atomic E-state index is 13.5. The molecule has 1 N–H and O–H groups in total. The van der Waals surface area contributed by atoms with Crippen molar-refractivity contribution in [1.29, 1.82) is 0 Å². The average molecular weight is 623 g/mol. The highest BCUT2D eigenvalue weighted by molar-refractivity contribution is 7.92. The van der Waals surface area contributed by atoms with E-state index in [1.165, 1.54) is 17.0 Å². The molecule has 2 aromatic rings. The third-order valence-electron chi connectivity index (χ3n) is 6.55. The number of carbonyl (C=O) groups excluding carboxylic acids is 2. The van der Waals surface area contributed by atoms with E-state index in [4.69, 9.17) is 46.4 Å². The molecule has 0 spiro atoms. The topological polar surface area (TPSA) is 86.8 Å². The SMILES string of the molecule is C[C@H](C(=O)NC1CCCC1)N(Cc1ccc(Cl)cc1Cl)C(=O)CCCN(c1cc(Cl)ccc1Cl)S(C)(=O)=O. The Kier molecular flexibility index (Phi) is 11.0. The number of sulfonamides is 1. The summed E-state index contributed by atoms with van der Waals surface area (Å²) in [6.07, 6.45) is 5.22. The van der Waals surface area contributed by atoms with Crippen molar-refractivity contribution < 1.29 is 18.0 Å². The summed E-state index contributed by atoms with van der Waals surface area (Å²) in [5.74, 6) is -0.547. The van der Waals surface area contributed by atoms with Crippen LogP contribution in [0.2, 0.25) is 20.1 Å². The van der Waals surface area contributed by atoms with E-state index in [0.29, 0.717) is 20.6 Å². The van der Waals surface area contributed by atoms with E-state index in [-0.39, 0.29) is 54.5 Å². The lowest BCUT2D eigenvalue weighted by atomic mass is 10.1. The fourth-order valence-electron chi connectivity index (χ4n) is 4.47. The van der Waals surface area contributed by atoms with E-state index >= 15 is 0 Å². The minimum Gasteiger partial charge on any atom is -0.352 e. The van der Waals surface area contributed by atoms with Gasteiger partial charge in [-0.25, -0.2) is 8.42 Å². The molecule has 0 radical (unpaired) electrons. The van der Waals surface area contributed by atoms with Gasteiger partial charge in [0.1, 0.15) is 6.04 Å². The van der Waals surface area contributed by atoms with E-state index in [1.807, 2.05) is 0 Å². The Morgan fingerprint density at radius 2 is 1.63 bits per heavy atom. The van der Waals surface area contributed by atoms with Crippen LogP contribution in [0.4, 0.5) is 5.69 Å². The Morgan fingerprint density at radius 3 is 2.26 bits per heavy atom. The zero-order valence-corrected chi connectivity index (χ0v) is 25.1. The van der Waals surface area contributed by atoms with E-state index in [0.717, 1.165) is 36.2 Å². The first-order valence-electron chi connectivity index (χ1n) is 12.3. The molecule has 7 nitrogen and oxygen atoms in total. The summed E-state index contributed by atoms with van der Waals surface area (Å²) in [5.41, 5.74) is 0.886. The van der Waals surface area contributed by atoms with Crippen molar-refractivity contribution in [3.8, 4) is 0 Å². The zero-order valence-electron chi connectivity index (χ0n) is 21.2. The van der Waals surface area contributed by atoms with E-state index < -0.39 is 16.1 Å². The van der Waals surface area contributed by atoms with Crippen molar-refractivity contribution >= 4 is 73.9 Å². The summed E-state index contributed by atoms with van der Waals surface area (Å²) in [5, 5.41) is 4.46. The van der Waals surface area contributed by atoms with Crippen molar-refractivity contribution in [2.24, 2.45) is 0 Å². The largest absolute Gasteiger partial charge is 0.352 e. The van der Waals surface area contributed by atoms with Gasteiger partial charge in [0.2, 0.25) is 21.8 Å². The predicted octanol–water partition coefficient (Wildman–Crippen LogP) is 6.32. The molecule has 0 bridgehead atoms. The van der Waals surface area contributed by atoms with E-state index in [2.05, 4.69) is 5.32 Å². The molecule has 2 amide bonds. The molecule has 1 fully saturated rings. The second-order valence-electron chi connectivity index (χ2n) is 9.46. The van der Waals surface area contributed by atoms with Gasteiger partial charge in [-0.05, 0) is 62.1 Å². The van der Waals surface area contributed by atoms with Gasteiger partial charge in [-0.15, -0.1) is 0 Å². The number of amides is 2. The summed E-state index contributed by atoms with van der Waals surface area (Å²) >= 11 is 24.7. The quantitative estimate of drug-likeness (QED) is 0.318. The number of anilines is 1. The molecule has 0 heterocycles. The van der Waals surface area contributed by atoms with Crippen molar-refractivity contribution in [2.45, 2.75) is 64.1 Å². The molecule has 2 aromatic carbocycles. The molecule has 208 valence electrons. The van der Waals surface area contributed by atoms with Crippen LogP contribution in [0.3, 0.4) is 0 Å². The Balaban J connectivity index is 1.77. The summed E-state index contributed by atoms with van der Waals surface area (Å²) in [7, 11) is -3.71. The highest BCUT2D eigenvalue weighted by Crippen LogP contribution is 2.31. The van der Waals surface area contributed by atoms with Gasteiger partial charge in [0.05, 0.1) is 17.0 Å². The van der Waals surface area contributed by atoms with Crippen molar-refractivity contribution in [2.75, 3.05) is 17.1 Å². The Hall–Kier alpha value is -1.71.